The maximum Gasteiger partial charge on any atom is 0.343 e. The lowest BCUT2D eigenvalue weighted by atomic mass is 10.1. The standard InChI is InChI=1S/C28H29N5O4/c1-2-3-4-5-9-12-23(34)31-28-32-25-24(26(35)33-28)20(18-30-25)17-29-21-13-15-22(16-14-21)37-27(36)19-10-7-6-8-11-19/h6-8,10-11,13-16,18,29H,2-5,9,12,17H2,1H3,(H,31,33,34,35). The van der Waals surface area contributed by atoms with E-state index in [1.54, 1.807) is 54.7 Å². The van der Waals surface area contributed by atoms with E-state index in [1.807, 2.05) is 6.07 Å². The van der Waals surface area contributed by atoms with Gasteiger partial charge >= 0.3 is 5.97 Å². The second-order valence-electron chi connectivity index (χ2n) is 8.68. The van der Waals surface area contributed by atoms with Crippen molar-refractivity contribution in [1.82, 2.24) is 5.32 Å². The molecule has 0 fully saturated rings. The Labute approximate surface area is 215 Å². The van der Waals surface area contributed by atoms with Crippen molar-refractivity contribution in [1.29, 1.82) is 0 Å². The van der Waals surface area contributed by atoms with Crippen molar-refractivity contribution in [2.45, 2.75) is 45.4 Å². The topological polar surface area (TPSA) is 122 Å². The molecule has 9 heteroatoms. The summed E-state index contributed by atoms with van der Waals surface area (Å²) in [6.07, 6.45) is 7.15. The van der Waals surface area contributed by atoms with Crippen molar-refractivity contribution < 1.29 is 19.1 Å². The number of carbonyl (C=O) groups excluding carboxylic acids is 3. The minimum atomic E-state index is -0.485. The third-order valence-electron chi connectivity index (χ3n) is 5.84. The molecule has 0 spiro atoms. The molecule has 2 aliphatic heterocycles. The van der Waals surface area contributed by atoms with Gasteiger partial charge in [-0.25, -0.2) is 9.79 Å². The summed E-state index contributed by atoms with van der Waals surface area (Å²) in [5.41, 5.74) is 2.21. The summed E-state index contributed by atoms with van der Waals surface area (Å²) in [6.45, 7) is 2.46. The fraction of sp³-hybridized carbons (Fsp3) is 0.286. The zero-order valence-electron chi connectivity index (χ0n) is 20.7. The van der Waals surface area contributed by atoms with Crippen molar-refractivity contribution in [3.63, 3.8) is 0 Å². The molecule has 2 aliphatic rings. The molecule has 2 aromatic rings. The Kier molecular flexibility index (Phi) is 8.70. The van der Waals surface area contributed by atoms with Crippen LogP contribution < -0.4 is 15.4 Å². The number of nitrogens with one attached hydrogen (secondary N) is 2. The van der Waals surface area contributed by atoms with E-state index in [-0.39, 0.29) is 17.7 Å². The summed E-state index contributed by atoms with van der Waals surface area (Å²) in [6, 6.07) is 15.7. The Morgan fingerprint density at radius 2 is 1.68 bits per heavy atom. The molecule has 190 valence electrons. The second-order valence-corrected chi connectivity index (χ2v) is 8.68. The van der Waals surface area contributed by atoms with Gasteiger partial charge < -0.3 is 10.1 Å². The summed E-state index contributed by atoms with van der Waals surface area (Å²) in [4.78, 5) is 49.4. The number of amidine groups is 1. The molecular formula is C28H29N5O4. The van der Waals surface area contributed by atoms with E-state index in [2.05, 4.69) is 32.5 Å². The lowest BCUT2D eigenvalue weighted by Crippen LogP contribution is -2.33. The van der Waals surface area contributed by atoms with Crippen LogP contribution in [-0.4, -0.2) is 42.3 Å². The Morgan fingerprint density at radius 3 is 2.43 bits per heavy atom. The van der Waals surface area contributed by atoms with Crippen molar-refractivity contribution in [3.05, 3.63) is 71.3 Å². The van der Waals surface area contributed by atoms with Gasteiger partial charge in [0.2, 0.25) is 11.9 Å². The zero-order chi connectivity index (χ0) is 26.0. The number of hydrogen-bond acceptors (Lipinski definition) is 7. The molecule has 0 saturated carbocycles. The van der Waals surface area contributed by atoms with E-state index >= 15 is 0 Å². The van der Waals surface area contributed by atoms with Crippen LogP contribution in [0.3, 0.4) is 0 Å². The Balaban J connectivity index is 1.29. The first-order chi connectivity index (χ1) is 18.0. The number of amides is 2. The number of rotatable bonds is 11. The average Bonchev–Trinajstić information content (AvgIpc) is 3.32. The van der Waals surface area contributed by atoms with Crippen LogP contribution >= 0.6 is 0 Å². The monoisotopic (exact) mass is 499 g/mol. The molecule has 0 bridgehead atoms. The summed E-state index contributed by atoms with van der Waals surface area (Å²) >= 11 is 0. The van der Waals surface area contributed by atoms with Crippen molar-refractivity contribution >= 4 is 41.5 Å². The maximum absolute atomic E-state index is 12.7. The van der Waals surface area contributed by atoms with Crippen LogP contribution in [0.1, 0.15) is 55.8 Å². The van der Waals surface area contributed by atoms with Gasteiger partial charge in [0, 0.05) is 30.4 Å². The van der Waals surface area contributed by atoms with Crippen LogP contribution in [0.25, 0.3) is 0 Å². The van der Waals surface area contributed by atoms with Crippen molar-refractivity contribution in [2.24, 2.45) is 15.0 Å². The summed E-state index contributed by atoms with van der Waals surface area (Å²) in [7, 11) is 0. The van der Waals surface area contributed by atoms with Gasteiger partial charge in [0.15, 0.2) is 5.84 Å². The Morgan fingerprint density at radius 1 is 0.919 bits per heavy atom. The van der Waals surface area contributed by atoms with Gasteiger partial charge in [-0.2, -0.15) is 9.98 Å². The molecule has 2 N–H and O–H groups in total. The minimum Gasteiger partial charge on any atom is -0.423 e. The van der Waals surface area contributed by atoms with Crippen LogP contribution in [0.5, 0.6) is 5.75 Å². The maximum atomic E-state index is 12.7. The van der Waals surface area contributed by atoms with E-state index in [0.717, 1.165) is 37.8 Å². The summed E-state index contributed by atoms with van der Waals surface area (Å²) < 4.78 is 5.39. The minimum absolute atomic E-state index is 0.0192. The normalized spacial score (nSPS) is 14.1. The molecule has 2 heterocycles. The number of aliphatic imine (C=N–C) groups is 3. The molecule has 0 aliphatic carbocycles. The number of unbranched alkanes of at least 4 members (excludes halogenated alkanes) is 4. The van der Waals surface area contributed by atoms with Gasteiger partial charge in [-0.3, -0.25) is 14.9 Å². The van der Waals surface area contributed by atoms with Gasteiger partial charge in [-0.15, -0.1) is 0 Å². The zero-order valence-corrected chi connectivity index (χ0v) is 20.7. The van der Waals surface area contributed by atoms with Gasteiger partial charge in [-0.1, -0.05) is 50.8 Å². The number of hydrogen-bond donors (Lipinski definition) is 2. The molecule has 0 unspecified atom stereocenters. The number of carbonyl (C=O) groups is 3. The van der Waals surface area contributed by atoms with E-state index in [1.165, 1.54) is 0 Å². The first-order valence-corrected chi connectivity index (χ1v) is 12.4. The van der Waals surface area contributed by atoms with Gasteiger partial charge in [0.25, 0.3) is 5.91 Å². The molecule has 9 nitrogen and oxygen atoms in total. The molecule has 37 heavy (non-hydrogen) atoms. The number of ether oxygens (including phenoxy) is 1. The van der Waals surface area contributed by atoms with Crippen LogP contribution in [0.2, 0.25) is 0 Å². The highest BCUT2D eigenvalue weighted by Gasteiger charge is 2.29. The molecule has 0 aromatic heterocycles. The highest BCUT2D eigenvalue weighted by Crippen LogP contribution is 2.21. The molecule has 4 rings (SSSR count). The average molecular weight is 500 g/mol. The van der Waals surface area contributed by atoms with Gasteiger partial charge in [-0.05, 0) is 42.8 Å². The van der Waals surface area contributed by atoms with Crippen molar-refractivity contribution in [2.75, 3.05) is 11.9 Å². The molecule has 0 atom stereocenters. The first-order valence-electron chi connectivity index (χ1n) is 12.4. The smallest absolute Gasteiger partial charge is 0.343 e. The number of guanidine groups is 1. The van der Waals surface area contributed by atoms with Gasteiger partial charge in [0.1, 0.15) is 5.75 Å². The SMILES string of the molecule is CCCCCCCC(=O)NC1=NC(=O)C2=C(CNc3ccc(OC(=O)c4ccccc4)cc3)C=NC2=N1. The van der Waals surface area contributed by atoms with Crippen LogP contribution in [-0.2, 0) is 9.59 Å². The Bertz CT molecular complexity index is 1280. The van der Waals surface area contributed by atoms with Crippen LogP contribution in [0, 0.1) is 0 Å². The predicted octanol–water partition coefficient (Wildman–Crippen LogP) is 4.47. The second kappa shape index (κ2) is 12.5. The predicted molar refractivity (Wildman–Crippen MR) is 143 cm³/mol. The number of nitrogens with zero attached hydrogens (tertiary/aromatic N) is 3. The molecule has 0 radical (unpaired) electrons. The summed E-state index contributed by atoms with van der Waals surface area (Å²) in [5, 5.41) is 5.83. The number of esters is 1. The largest absolute Gasteiger partial charge is 0.423 e. The van der Waals surface area contributed by atoms with Gasteiger partial charge in [0.05, 0.1) is 11.1 Å². The van der Waals surface area contributed by atoms with E-state index < -0.39 is 11.9 Å². The molecule has 2 amide bonds. The van der Waals surface area contributed by atoms with E-state index in [4.69, 9.17) is 4.74 Å². The van der Waals surface area contributed by atoms with Crippen molar-refractivity contribution in [3.8, 4) is 5.75 Å². The van der Waals surface area contributed by atoms with E-state index in [0.29, 0.717) is 35.4 Å². The lowest BCUT2D eigenvalue weighted by Gasteiger charge is -2.12. The lowest BCUT2D eigenvalue weighted by molar-refractivity contribution is -0.119. The number of benzene rings is 2. The third-order valence-corrected chi connectivity index (χ3v) is 5.84. The Hall–Kier alpha value is -4.40. The molecular weight excluding hydrogens is 470 g/mol. The highest BCUT2D eigenvalue weighted by molar-refractivity contribution is 6.34. The first kappa shape index (κ1) is 25.7. The fourth-order valence-electron chi connectivity index (χ4n) is 3.85. The fourth-order valence-corrected chi connectivity index (χ4v) is 3.85. The molecule has 2 aromatic carbocycles. The van der Waals surface area contributed by atoms with Crippen LogP contribution in [0.15, 0.2) is 80.7 Å². The molecule has 0 saturated heterocycles. The quantitative estimate of drug-likeness (QED) is 0.268. The van der Waals surface area contributed by atoms with Crippen LogP contribution in [0.4, 0.5) is 5.69 Å². The third kappa shape index (κ3) is 7.07. The summed E-state index contributed by atoms with van der Waals surface area (Å²) in [5.74, 6) is -0.471. The highest BCUT2D eigenvalue weighted by atomic mass is 16.5. The van der Waals surface area contributed by atoms with E-state index in [9.17, 15) is 14.4 Å². The number of fused-ring (bicyclic) bond motifs is 1. The number of anilines is 1.